The van der Waals surface area contributed by atoms with Gasteiger partial charge >= 0.3 is 0 Å². The summed E-state index contributed by atoms with van der Waals surface area (Å²) >= 11 is 0. The third-order valence-electron chi connectivity index (χ3n) is 4.32. The second kappa shape index (κ2) is 4.85. The topological polar surface area (TPSA) is 78.2 Å². The van der Waals surface area contributed by atoms with Crippen molar-refractivity contribution in [1.29, 1.82) is 0 Å². The minimum Gasteiger partial charge on any atom is -0.395 e. The van der Waals surface area contributed by atoms with Gasteiger partial charge in [0.05, 0.1) is 11.4 Å². The van der Waals surface area contributed by atoms with Gasteiger partial charge in [0.25, 0.3) is 5.91 Å². The van der Waals surface area contributed by atoms with Crippen LogP contribution in [0.3, 0.4) is 0 Å². The van der Waals surface area contributed by atoms with Crippen LogP contribution >= 0.6 is 0 Å². The zero-order valence-electron chi connectivity index (χ0n) is 11.4. The highest BCUT2D eigenvalue weighted by atomic mass is 16.2. The molecule has 3 heterocycles. The smallest absolute Gasteiger partial charge is 0.276 e. The fourth-order valence-electron chi connectivity index (χ4n) is 3.09. The minimum absolute atomic E-state index is 0.0351. The predicted molar refractivity (Wildman–Crippen MR) is 72.9 cm³/mol. The van der Waals surface area contributed by atoms with Crippen LogP contribution in [0.1, 0.15) is 35.4 Å². The zero-order chi connectivity index (χ0) is 13.4. The average Bonchev–Trinajstić information content (AvgIpc) is 2.78. The van der Waals surface area contributed by atoms with E-state index in [0.717, 1.165) is 25.3 Å². The highest BCUT2D eigenvalue weighted by molar-refractivity contribution is 5.97. The lowest BCUT2D eigenvalue weighted by Crippen LogP contribution is -2.56. The Balaban J connectivity index is 1.72. The zero-order valence-corrected chi connectivity index (χ0v) is 11.4. The number of hydrogen-bond donors (Lipinski definition) is 2. The number of fused-ring (bicyclic) bond motifs is 1. The van der Waals surface area contributed by atoms with Gasteiger partial charge in [0, 0.05) is 25.7 Å². The summed E-state index contributed by atoms with van der Waals surface area (Å²) in [5, 5.41) is 6.82. The maximum absolute atomic E-state index is 12.5. The first-order valence-electron chi connectivity index (χ1n) is 7.00. The lowest BCUT2D eigenvalue weighted by molar-refractivity contribution is 0.0369. The van der Waals surface area contributed by atoms with Crippen LogP contribution in [-0.4, -0.2) is 58.1 Å². The SMILES string of the molecule is Cc1[nH]nc(C(=O)N2CCN3CCCCC3C2)c1N. The highest BCUT2D eigenvalue weighted by Gasteiger charge is 2.32. The van der Waals surface area contributed by atoms with Crippen LogP contribution in [0.4, 0.5) is 5.69 Å². The van der Waals surface area contributed by atoms with Crippen molar-refractivity contribution in [1.82, 2.24) is 20.0 Å². The quantitative estimate of drug-likeness (QED) is 0.778. The molecule has 0 aromatic carbocycles. The molecule has 1 amide bonds. The Morgan fingerprint density at radius 2 is 2.21 bits per heavy atom. The van der Waals surface area contributed by atoms with Crippen molar-refractivity contribution in [2.75, 3.05) is 31.9 Å². The number of nitrogens with two attached hydrogens (primary N) is 1. The summed E-state index contributed by atoms with van der Waals surface area (Å²) in [6, 6.07) is 0.521. The van der Waals surface area contributed by atoms with E-state index in [9.17, 15) is 4.79 Å². The fourth-order valence-corrected chi connectivity index (χ4v) is 3.09. The molecule has 19 heavy (non-hydrogen) atoms. The maximum atomic E-state index is 12.5. The largest absolute Gasteiger partial charge is 0.395 e. The summed E-state index contributed by atoms with van der Waals surface area (Å²) in [7, 11) is 0. The molecule has 0 spiro atoms. The molecule has 6 heteroatoms. The molecule has 1 aromatic heterocycles. The monoisotopic (exact) mass is 263 g/mol. The van der Waals surface area contributed by atoms with Crippen LogP contribution in [0.25, 0.3) is 0 Å². The molecule has 2 aliphatic rings. The lowest BCUT2D eigenvalue weighted by atomic mass is 9.99. The van der Waals surface area contributed by atoms with E-state index in [-0.39, 0.29) is 5.91 Å². The van der Waals surface area contributed by atoms with Crippen molar-refractivity contribution in [3.05, 3.63) is 11.4 Å². The number of aromatic nitrogens is 2. The molecule has 0 radical (unpaired) electrons. The van der Waals surface area contributed by atoms with Gasteiger partial charge in [-0.2, -0.15) is 5.10 Å². The first-order valence-corrected chi connectivity index (χ1v) is 7.00. The molecular weight excluding hydrogens is 242 g/mol. The van der Waals surface area contributed by atoms with E-state index in [1.54, 1.807) is 0 Å². The number of nitrogens with one attached hydrogen (secondary N) is 1. The van der Waals surface area contributed by atoms with Gasteiger partial charge in [0.1, 0.15) is 0 Å². The molecule has 2 saturated heterocycles. The molecule has 3 rings (SSSR count). The van der Waals surface area contributed by atoms with Gasteiger partial charge < -0.3 is 10.6 Å². The fraction of sp³-hybridized carbons (Fsp3) is 0.692. The minimum atomic E-state index is -0.0351. The summed E-state index contributed by atoms with van der Waals surface area (Å²) in [5.41, 5.74) is 7.51. The number of hydrogen-bond acceptors (Lipinski definition) is 4. The van der Waals surface area contributed by atoms with Gasteiger partial charge in [0.2, 0.25) is 0 Å². The molecule has 3 N–H and O–H groups in total. The van der Waals surface area contributed by atoms with Gasteiger partial charge in [-0.1, -0.05) is 6.42 Å². The van der Waals surface area contributed by atoms with Crippen LogP contribution in [0, 0.1) is 6.92 Å². The molecule has 2 aliphatic heterocycles. The summed E-state index contributed by atoms with van der Waals surface area (Å²) in [5.74, 6) is -0.0351. The van der Waals surface area contributed by atoms with E-state index in [4.69, 9.17) is 5.73 Å². The number of aryl methyl sites for hydroxylation is 1. The lowest BCUT2D eigenvalue weighted by Gasteiger charge is -2.43. The number of nitrogens with zero attached hydrogens (tertiary/aromatic N) is 3. The van der Waals surface area contributed by atoms with Crippen molar-refractivity contribution in [3.8, 4) is 0 Å². The predicted octanol–water partition coefficient (Wildman–Crippen LogP) is 0.611. The van der Waals surface area contributed by atoms with Gasteiger partial charge in [-0.25, -0.2) is 0 Å². The molecule has 0 saturated carbocycles. The molecule has 1 aromatic rings. The van der Waals surface area contributed by atoms with Crippen molar-refractivity contribution in [2.24, 2.45) is 0 Å². The Morgan fingerprint density at radius 3 is 2.95 bits per heavy atom. The van der Waals surface area contributed by atoms with Gasteiger partial charge in [-0.15, -0.1) is 0 Å². The number of nitrogen functional groups attached to an aromatic ring is 1. The maximum Gasteiger partial charge on any atom is 0.276 e. The number of carbonyl (C=O) groups is 1. The molecule has 6 nitrogen and oxygen atoms in total. The first-order chi connectivity index (χ1) is 9.16. The second-order valence-corrected chi connectivity index (χ2v) is 5.55. The Kier molecular flexibility index (Phi) is 3.18. The summed E-state index contributed by atoms with van der Waals surface area (Å²) in [6.07, 6.45) is 3.75. The molecule has 1 unspecified atom stereocenters. The summed E-state index contributed by atoms with van der Waals surface area (Å²) < 4.78 is 0. The number of carbonyl (C=O) groups excluding carboxylic acids is 1. The number of piperazine rings is 1. The van der Waals surface area contributed by atoms with Gasteiger partial charge in [-0.05, 0) is 26.3 Å². The second-order valence-electron chi connectivity index (χ2n) is 5.55. The van der Waals surface area contributed by atoms with Crippen molar-refractivity contribution in [3.63, 3.8) is 0 Å². The first kappa shape index (κ1) is 12.5. The molecule has 104 valence electrons. The van der Waals surface area contributed by atoms with Crippen LogP contribution in [0.2, 0.25) is 0 Å². The van der Waals surface area contributed by atoms with E-state index in [2.05, 4.69) is 15.1 Å². The summed E-state index contributed by atoms with van der Waals surface area (Å²) in [4.78, 5) is 16.9. The van der Waals surface area contributed by atoms with E-state index >= 15 is 0 Å². The van der Waals surface area contributed by atoms with E-state index < -0.39 is 0 Å². The molecular formula is C13H21N5O. The number of aromatic amines is 1. The summed E-state index contributed by atoms with van der Waals surface area (Å²) in [6.45, 7) is 5.57. The number of H-pyrrole nitrogens is 1. The normalized spacial score (nSPS) is 24.3. The van der Waals surface area contributed by atoms with Crippen molar-refractivity contribution in [2.45, 2.75) is 32.2 Å². The van der Waals surface area contributed by atoms with E-state index in [0.29, 0.717) is 17.4 Å². The van der Waals surface area contributed by atoms with Crippen molar-refractivity contribution >= 4 is 11.6 Å². The number of amides is 1. The molecule has 0 aliphatic carbocycles. The van der Waals surface area contributed by atoms with Crippen LogP contribution in [0.15, 0.2) is 0 Å². The van der Waals surface area contributed by atoms with Gasteiger partial charge in [-0.3, -0.25) is 14.8 Å². The number of anilines is 1. The average molecular weight is 263 g/mol. The number of rotatable bonds is 1. The Bertz CT molecular complexity index is 483. The van der Waals surface area contributed by atoms with Crippen molar-refractivity contribution < 1.29 is 4.79 Å². The third-order valence-corrected chi connectivity index (χ3v) is 4.32. The molecule has 0 bridgehead atoms. The van der Waals surface area contributed by atoms with Crippen LogP contribution in [0.5, 0.6) is 0 Å². The van der Waals surface area contributed by atoms with Crippen LogP contribution < -0.4 is 5.73 Å². The third kappa shape index (κ3) is 2.20. The number of piperidine rings is 1. The highest BCUT2D eigenvalue weighted by Crippen LogP contribution is 2.23. The standard InChI is InChI=1S/C13H21N5O/c1-9-11(14)12(16-15-9)13(19)18-7-6-17-5-3-2-4-10(17)8-18/h10H,2-8,14H2,1H3,(H,15,16). The van der Waals surface area contributed by atoms with Gasteiger partial charge in [0.15, 0.2) is 5.69 Å². The van der Waals surface area contributed by atoms with Crippen LogP contribution in [-0.2, 0) is 0 Å². The Morgan fingerprint density at radius 1 is 1.37 bits per heavy atom. The molecule has 1 atom stereocenters. The molecule has 2 fully saturated rings. The van der Waals surface area contributed by atoms with E-state index in [1.165, 1.54) is 25.8 Å². The Hall–Kier alpha value is -1.56. The Labute approximate surface area is 112 Å². The van der Waals surface area contributed by atoms with E-state index in [1.807, 2.05) is 11.8 Å².